The first-order valence-corrected chi connectivity index (χ1v) is 6.26. The second-order valence-corrected chi connectivity index (χ2v) is 4.68. The van der Waals surface area contributed by atoms with Crippen molar-refractivity contribution in [2.45, 2.75) is 18.8 Å². The summed E-state index contributed by atoms with van der Waals surface area (Å²) in [6, 6.07) is 3.17. The van der Waals surface area contributed by atoms with E-state index < -0.39 is 24.3 Å². The minimum Gasteiger partial charge on any atom is -0.399 e. The van der Waals surface area contributed by atoms with Crippen molar-refractivity contribution in [1.29, 1.82) is 0 Å². The fourth-order valence-electron chi connectivity index (χ4n) is 1.66. The molecule has 0 unspecified atom stereocenters. The van der Waals surface area contributed by atoms with Gasteiger partial charge in [0.25, 0.3) is 0 Å². The van der Waals surface area contributed by atoms with Crippen LogP contribution in [0.5, 0.6) is 0 Å². The van der Waals surface area contributed by atoms with Crippen LogP contribution in [0.1, 0.15) is 17.5 Å². The topological polar surface area (TPSA) is 52.0 Å². The molecule has 1 aromatic carbocycles. The summed E-state index contributed by atoms with van der Waals surface area (Å²) in [5.41, 5.74) is 9.13. The van der Waals surface area contributed by atoms with Crippen molar-refractivity contribution in [2.75, 3.05) is 5.73 Å². The first-order valence-electron chi connectivity index (χ1n) is 6.26. The van der Waals surface area contributed by atoms with Gasteiger partial charge in [-0.05, 0) is 29.3 Å². The van der Waals surface area contributed by atoms with E-state index >= 15 is 0 Å². The van der Waals surface area contributed by atoms with Crippen LogP contribution in [0.3, 0.4) is 0 Å². The maximum absolute atomic E-state index is 13.0. The fraction of sp³-hybridized carbons (Fsp3) is 0.200. The normalized spacial score (nSPS) is 13.6. The number of hydrogen-bond acceptors (Lipinski definition) is 2. The summed E-state index contributed by atoms with van der Waals surface area (Å²) in [4.78, 5) is 0. The molecule has 0 aliphatic carbocycles. The highest BCUT2D eigenvalue weighted by Gasteiger charge is 2.33. The summed E-state index contributed by atoms with van der Waals surface area (Å²) in [5.74, 6) is 0. The van der Waals surface area contributed by atoms with Crippen molar-refractivity contribution in [2.24, 2.45) is 5.73 Å². The zero-order valence-electron chi connectivity index (χ0n) is 11.8. The molecule has 0 bridgehead atoms. The number of benzene rings is 1. The number of anilines is 1. The van der Waals surface area contributed by atoms with Gasteiger partial charge in [0, 0.05) is 11.4 Å². The number of nitrogens with two attached hydrogens (primary N) is 2. The molecule has 0 radical (unpaired) electrons. The van der Waals surface area contributed by atoms with Gasteiger partial charge >= 0.3 is 12.4 Å². The second-order valence-electron chi connectivity index (χ2n) is 4.68. The number of hydrogen-bond donors (Lipinski definition) is 2. The smallest absolute Gasteiger partial charge is 0.399 e. The van der Waals surface area contributed by atoms with E-state index in [0.29, 0.717) is 0 Å². The van der Waals surface area contributed by atoms with Crippen molar-refractivity contribution in [3.8, 4) is 0 Å². The summed E-state index contributed by atoms with van der Waals surface area (Å²) >= 11 is 0. The average Bonchev–Trinajstić information content (AvgIpc) is 2.40. The zero-order valence-corrected chi connectivity index (χ0v) is 11.8. The van der Waals surface area contributed by atoms with Crippen LogP contribution in [0.25, 0.3) is 5.57 Å². The van der Waals surface area contributed by atoms with E-state index in [1.54, 1.807) is 0 Å². The van der Waals surface area contributed by atoms with Gasteiger partial charge in [-0.25, -0.2) is 0 Å². The van der Waals surface area contributed by atoms with Gasteiger partial charge in [-0.15, -0.1) is 0 Å². The lowest BCUT2D eigenvalue weighted by molar-refractivity contribution is -0.137. The van der Waals surface area contributed by atoms with E-state index in [1.807, 2.05) is 0 Å². The average molecular weight is 336 g/mol. The van der Waals surface area contributed by atoms with E-state index in [0.717, 1.165) is 30.4 Å². The second kappa shape index (κ2) is 6.80. The van der Waals surface area contributed by atoms with E-state index in [4.69, 9.17) is 11.5 Å². The molecule has 0 heterocycles. The SMILES string of the molecule is C=C(/C=C\C(N)=C/CC(F)(F)F)c1ccc(N)cc1C(F)(F)F. The van der Waals surface area contributed by atoms with Crippen molar-refractivity contribution in [1.82, 2.24) is 0 Å². The third-order valence-electron chi connectivity index (χ3n) is 2.74. The molecule has 1 aromatic rings. The zero-order chi connectivity index (χ0) is 17.8. The van der Waals surface area contributed by atoms with Crippen LogP contribution in [0.2, 0.25) is 0 Å². The highest BCUT2D eigenvalue weighted by molar-refractivity contribution is 5.76. The summed E-state index contributed by atoms with van der Waals surface area (Å²) in [6.07, 6.45) is -7.38. The quantitative estimate of drug-likeness (QED) is 0.478. The van der Waals surface area contributed by atoms with Crippen LogP contribution in [-0.2, 0) is 6.18 Å². The van der Waals surface area contributed by atoms with Gasteiger partial charge in [-0.2, -0.15) is 26.3 Å². The van der Waals surface area contributed by atoms with Crippen LogP contribution in [0, 0.1) is 0 Å². The molecule has 0 aliphatic heterocycles. The molecule has 0 saturated heterocycles. The Hall–Kier alpha value is -2.38. The van der Waals surface area contributed by atoms with Crippen LogP contribution in [0.15, 0.2) is 48.7 Å². The summed E-state index contributed by atoms with van der Waals surface area (Å²) < 4.78 is 74.9. The molecule has 0 spiro atoms. The van der Waals surface area contributed by atoms with Gasteiger partial charge in [-0.3, -0.25) is 0 Å². The Labute approximate surface area is 128 Å². The monoisotopic (exact) mass is 336 g/mol. The Kier molecular flexibility index (Phi) is 5.52. The molecule has 0 aliphatic rings. The minimum absolute atomic E-state index is 0.0549. The molecule has 0 fully saturated rings. The van der Waals surface area contributed by atoms with Crippen molar-refractivity contribution >= 4 is 11.3 Å². The first-order chi connectivity index (χ1) is 10.4. The minimum atomic E-state index is -4.64. The van der Waals surface area contributed by atoms with E-state index in [9.17, 15) is 26.3 Å². The molecule has 8 heteroatoms. The Morgan fingerprint density at radius 2 is 1.70 bits per heavy atom. The van der Waals surface area contributed by atoms with Crippen molar-refractivity contribution < 1.29 is 26.3 Å². The van der Waals surface area contributed by atoms with Gasteiger partial charge in [0.1, 0.15) is 0 Å². The van der Waals surface area contributed by atoms with Crippen LogP contribution >= 0.6 is 0 Å². The first kappa shape index (κ1) is 18.7. The summed E-state index contributed by atoms with van der Waals surface area (Å²) in [5, 5.41) is 0. The standard InChI is InChI=1S/C15H14F6N2/c1-9(2-3-10(22)6-7-14(16,17)18)12-5-4-11(23)8-13(12)15(19,20)21/h2-6,8H,1,7,22-23H2/b3-2-,10-6+. The van der Waals surface area contributed by atoms with Crippen molar-refractivity contribution in [3.05, 3.63) is 59.8 Å². The molecular weight excluding hydrogens is 322 g/mol. The predicted octanol–water partition coefficient (Wildman–Crippen LogP) is 4.65. The number of nitrogen functional groups attached to an aromatic ring is 1. The Bertz CT molecular complexity index is 638. The number of rotatable bonds is 4. The lowest BCUT2D eigenvalue weighted by atomic mass is 9.99. The molecule has 0 atom stereocenters. The molecule has 0 amide bonds. The van der Waals surface area contributed by atoms with Gasteiger partial charge in [-0.1, -0.05) is 24.8 Å². The molecule has 2 nitrogen and oxygen atoms in total. The molecular formula is C15H14F6N2. The molecule has 126 valence electrons. The Balaban J connectivity index is 3.01. The van der Waals surface area contributed by atoms with Crippen LogP contribution in [-0.4, -0.2) is 6.18 Å². The highest BCUT2D eigenvalue weighted by atomic mass is 19.4. The number of halogens is 6. The maximum Gasteiger partial charge on any atom is 0.417 e. The molecule has 1 rings (SSSR count). The van der Waals surface area contributed by atoms with Gasteiger partial charge in [0.05, 0.1) is 12.0 Å². The van der Waals surface area contributed by atoms with E-state index in [1.165, 1.54) is 6.07 Å². The third kappa shape index (κ3) is 6.09. The Morgan fingerprint density at radius 1 is 1.09 bits per heavy atom. The van der Waals surface area contributed by atoms with E-state index in [-0.39, 0.29) is 22.5 Å². The molecule has 4 N–H and O–H groups in total. The van der Waals surface area contributed by atoms with E-state index in [2.05, 4.69) is 6.58 Å². The lowest BCUT2D eigenvalue weighted by Gasteiger charge is -2.13. The maximum atomic E-state index is 13.0. The van der Waals surface area contributed by atoms with Crippen LogP contribution in [0.4, 0.5) is 32.0 Å². The molecule has 23 heavy (non-hydrogen) atoms. The summed E-state index contributed by atoms with van der Waals surface area (Å²) in [6.45, 7) is 3.48. The molecule has 0 saturated carbocycles. The summed E-state index contributed by atoms with van der Waals surface area (Å²) in [7, 11) is 0. The number of alkyl halides is 6. The van der Waals surface area contributed by atoms with Gasteiger partial charge < -0.3 is 11.5 Å². The lowest BCUT2D eigenvalue weighted by Crippen LogP contribution is -2.09. The van der Waals surface area contributed by atoms with Crippen LogP contribution < -0.4 is 11.5 Å². The largest absolute Gasteiger partial charge is 0.417 e. The van der Waals surface area contributed by atoms with Crippen molar-refractivity contribution in [3.63, 3.8) is 0 Å². The number of allylic oxidation sites excluding steroid dienone is 4. The highest BCUT2D eigenvalue weighted by Crippen LogP contribution is 2.36. The predicted molar refractivity (Wildman–Crippen MR) is 77.0 cm³/mol. The Morgan fingerprint density at radius 3 is 2.22 bits per heavy atom. The third-order valence-corrected chi connectivity index (χ3v) is 2.74. The van der Waals surface area contributed by atoms with Gasteiger partial charge in [0.2, 0.25) is 0 Å². The fourth-order valence-corrected chi connectivity index (χ4v) is 1.66. The van der Waals surface area contributed by atoms with Gasteiger partial charge in [0.15, 0.2) is 0 Å². The molecule has 0 aromatic heterocycles.